The van der Waals surface area contributed by atoms with Gasteiger partial charge < -0.3 is 15.1 Å². The zero-order chi connectivity index (χ0) is 14.1. The molecule has 0 aliphatic carbocycles. The number of thiophene rings is 1. The highest BCUT2D eigenvalue weighted by atomic mass is 32.1. The Hall–Kier alpha value is -1.43. The first-order chi connectivity index (χ1) is 9.67. The average molecular weight is 291 g/mol. The van der Waals surface area contributed by atoms with Crippen molar-refractivity contribution in [3.8, 4) is 0 Å². The minimum atomic E-state index is -0.515. The van der Waals surface area contributed by atoms with Crippen LogP contribution in [-0.2, 0) is 11.2 Å². The van der Waals surface area contributed by atoms with Crippen LogP contribution >= 0.6 is 11.3 Å². The topological polar surface area (TPSA) is 60.8 Å². The number of amides is 1. The zero-order valence-electron chi connectivity index (χ0n) is 11.0. The fourth-order valence-electron chi connectivity index (χ4n) is 2.75. The number of nitrogens with zero attached hydrogens (tertiary/aromatic N) is 1. The Balaban J connectivity index is 1.75. The van der Waals surface area contributed by atoms with Gasteiger partial charge in [-0.1, -0.05) is 18.2 Å². The molecule has 1 aromatic carbocycles. The van der Waals surface area contributed by atoms with Gasteiger partial charge in [0.25, 0.3) is 0 Å². The second-order valence-corrected chi connectivity index (χ2v) is 6.37. The Kier molecular flexibility index (Phi) is 3.74. The average Bonchev–Trinajstić information content (AvgIpc) is 3.00. The van der Waals surface area contributed by atoms with Crippen LogP contribution in [0.2, 0.25) is 0 Å². The summed E-state index contributed by atoms with van der Waals surface area (Å²) < 4.78 is 1.18. The number of aliphatic hydroxyl groups is 2. The predicted octanol–water partition coefficient (Wildman–Crippen LogP) is 1.40. The summed E-state index contributed by atoms with van der Waals surface area (Å²) in [5.41, 5.74) is 0. The minimum Gasteiger partial charge on any atom is -0.394 e. The van der Waals surface area contributed by atoms with Crippen molar-refractivity contribution in [1.29, 1.82) is 0 Å². The molecule has 0 unspecified atom stereocenters. The van der Waals surface area contributed by atoms with E-state index in [1.807, 2.05) is 30.3 Å². The van der Waals surface area contributed by atoms with Gasteiger partial charge in [-0.25, -0.2) is 0 Å². The Morgan fingerprint density at radius 1 is 1.40 bits per heavy atom. The smallest absolute Gasteiger partial charge is 0.228 e. The monoisotopic (exact) mass is 291 g/mol. The molecule has 0 bridgehead atoms. The van der Waals surface area contributed by atoms with Crippen molar-refractivity contribution in [2.24, 2.45) is 0 Å². The first-order valence-corrected chi connectivity index (χ1v) is 7.55. The normalized spacial score (nSPS) is 22.6. The molecule has 2 aromatic rings. The number of hydrogen-bond donors (Lipinski definition) is 2. The van der Waals surface area contributed by atoms with E-state index >= 15 is 0 Å². The number of fused-ring (bicyclic) bond motifs is 1. The van der Waals surface area contributed by atoms with Crippen molar-refractivity contribution < 1.29 is 15.0 Å². The van der Waals surface area contributed by atoms with Crippen LogP contribution in [-0.4, -0.2) is 46.3 Å². The molecule has 2 N–H and O–H groups in total. The van der Waals surface area contributed by atoms with Crippen LogP contribution in [0.5, 0.6) is 0 Å². The fraction of sp³-hybridized carbons (Fsp3) is 0.400. The number of aliphatic hydroxyl groups excluding tert-OH is 2. The Morgan fingerprint density at radius 3 is 2.95 bits per heavy atom. The van der Waals surface area contributed by atoms with Crippen molar-refractivity contribution in [3.63, 3.8) is 0 Å². The number of carbonyl (C=O) groups is 1. The quantitative estimate of drug-likeness (QED) is 0.898. The van der Waals surface area contributed by atoms with Gasteiger partial charge in [0.1, 0.15) is 0 Å². The van der Waals surface area contributed by atoms with Crippen molar-refractivity contribution in [1.82, 2.24) is 4.90 Å². The van der Waals surface area contributed by atoms with E-state index in [2.05, 4.69) is 0 Å². The lowest BCUT2D eigenvalue weighted by molar-refractivity contribution is -0.132. The van der Waals surface area contributed by atoms with Gasteiger partial charge in [-0.15, -0.1) is 11.3 Å². The largest absolute Gasteiger partial charge is 0.394 e. The zero-order valence-corrected chi connectivity index (χ0v) is 11.8. The summed E-state index contributed by atoms with van der Waals surface area (Å²) in [6.07, 6.45) is 0.288. The van der Waals surface area contributed by atoms with Crippen molar-refractivity contribution >= 4 is 27.3 Å². The molecule has 1 aliphatic heterocycles. The maximum Gasteiger partial charge on any atom is 0.228 e. The summed E-state index contributed by atoms with van der Waals surface area (Å²) in [6.45, 7) is 0.240. The molecule has 3 rings (SSSR count). The van der Waals surface area contributed by atoms with Crippen LogP contribution in [0, 0.1) is 0 Å². The standard InChI is InChI=1S/C15H17NO3S/c17-9-11-6-12(18)8-16(11)15(19)7-13-5-10-3-1-2-4-14(10)20-13/h1-5,11-12,17-18H,6-9H2/t11-,12-/m0/s1. The Morgan fingerprint density at radius 2 is 2.20 bits per heavy atom. The van der Waals surface area contributed by atoms with Gasteiger partial charge >= 0.3 is 0 Å². The third-order valence-corrected chi connectivity index (χ3v) is 4.84. The molecule has 1 fully saturated rings. The van der Waals surface area contributed by atoms with Gasteiger partial charge in [0.2, 0.25) is 5.91 Å². The maximum absolute atomic E-state index is 12.3. The van der Waals surface area contributed by atoms with Crippen LogP contribution < -0.4 is 0 Å². The summed E-state index contributed by atoms with van der Waals surface area (Å²) in [6, 6.07) is 9.85. The lowest BCUT2D eigenvalue weighted by Crippen LogP contribution is -2.38. The van der Waals surface area contributed by atoms with Crippen LogP contribution in [0.1, 0.15) is 11.3 Å². The van der Waals surface area contributed by atoms with E-state index in [4.69, 9.17) is 0 Å². The Labute approximate surface area is 121 Å². The van der Waals surface area contributed by atoms with E-state index in [0.29, 0.717) is 19.4 Å². The van der Waals surface area contributed by atoms with Gasteiger partial charge in [-0.2, -0.15) is 0 Å². The number of likely N-dealkylation sites (tertiary alicyclic amines) is 1. The van der Waals surface area contributed by atoms with E-state index in [-0.39, 0.29) is 18.6 Å². The van der Waals surface area contributed by atoms with Crippen molar-refractivity contribution in [3.05, 3.63) is 35.2 Å². The van der Waals surface area contributed by atoms with Crippen LogP contribution in [0.3, 0.4) is 0 Å². The molecule has 106 valence electrons. The van der Waals surface area contributed by atoms with E-state index in [0.717, 1.165) is 10.3 Å². The van der Waals surface area contributed by atoms with E-state index < -0.39 is 6.10 Å². The van der Waals surface area contributed by atoms with Crippen molar-refractivity contribution in [2.45, 2.75) is 25.0 Å². The number of β-amino-alcohol motifs (C(OH)–C–C–N with tert-alkyl or cyclic N) is 1. The molecule has 5 heteroatoms. The maximum atomic E-state index is 12.3. The SMILES string of the molecule is O=C(Cc1cc2ccccc2s1)N1C[C@@H](O)C[C@H]1CO. The number of rotatable bonds is 3. The second kappa shape index (κ2) is 5.52. The minimum absolute atomic E-state index is 0.0212. The van der Waals surface area contributed by atoms with Gasteiger partial charge in [0, 0.05) is 16.1 Å². The molecule has 1 aromatic heterocycles. The highest BCUT2D eigenvalue weighted by Crippen LogP contribution is 2.27. The molecular formula is C15H17NO3S. The lowest BCUT2D eigenvalue weighted by Gasteiger charge is -2.22. The number of benzene rings is 1. The number of carbonyl (C=O) groups excluding carboxylic acids is 1. The molecule has 2 atom stereocenters. The van der Waals surface area contributed by atoms with Gasteiger partial charge in [0.15, 0.2) is 0 Å². The second-order valence-electron chi connectivity index (χ2n) is 5.20. The van der Waals surface area contributed by atoms with E-state index in [9.17, 15) is 15.0 Å². The predicted molar refractivity (Wildman–Crippen MR) is 78.7 cm³/mol. The van der Waals surface area contributed by atoms with Gasteiger partial charge in [0.05, 0.1) is 25.2 Å². The summed E-state index contributed by atoms with van der Waals surface area (Å²) in [7, 11) is 0. The third kappa shape index (κ3) is 2.57. The molecule has 1 aliphatic rings. The molecule has 0 spiro atoms. The summed E-state index contributed by atoms with van der Waals surface area (Å²) in [5, 5.41) is 20.1. The van der Waals surface area contributed by atoms with Crippen molar-refractivity contribution in [2.75, 3.05) is 13.2 Å². The highest BCUT2D eigenvalue weighted by molar-refractivity contribution is 7.19. The highest BCUT2D eigenvalue weighted by Gasteiger charge is 2.33. The van der Waals surface area contributed by atoms with Crippen LogP contribution in [0.25, 0.3) is 10.1 Å². The van der Waals surface area contributed by atoms with Gasteiger partial charge in [-0.05, 0) is 23.9 Å². The summed E-state index contributed by atoms with van der Waals surface area (Å²) in [5.74, 6) is -0.0212. The molecule has 1 amide bonds. The lowest BCUT2D eigenvalue weighted by atomic mass is 10.2. The molecule has 2 heterocycles. The van der Waals surface area contributed by atoms with E-state index in [1.54, 1.807) is 16.2 Å². The van der Waals surface area contributed by atoms with Gasteiger partial charge in [-0.3, -0.25) is 4.79 Å². The Bertz CT molecular complexity index is 591. The molecule has 1 saturated heterocycles. The van der Waals surface area contributed by atoms with Crippen LogP contribution in [0.15, 0.2) is 30.3 Å². The first-order valence-electron chi connectivity index (χ1n) is 6.73. The first kappa shape index (κ1) is 13.5. The van der Waals surface area contributed by atoms with Crippen LogP contribution in [0.4, 0.5) is 0 Å². The molecular weight excluding hydrogens is 274 g/mol. The molecule has 4 nitrogen and oxygen atoms in total. The number of hydrogen-bond acceptors (Lipinski definition) is 4. The summed E-state index contributed by atoms with van der Waals surface area (Å²) in [4.78, 5) is 14.9. The molecule has 20 heavy (non-hydrogen) atoms. The fourth-order valence-corrected chi connectivity index (χ4v) is 3.80. The summed E-state index contributed by atoms with van der Waals surface area (Å²) >= 11 is 1.62. The molecule has 0 saturated carbocycles. The third-order valence-electron chi connectivity index (χ3n) is 3.73. The molecule has 0 radical (unpaired) electrons. The van der Waals surface area contributed by atoms with E-state index in [1.165, 1.54) is 4.70 Å².